The predicted molar refractivity (Wildman–Crippen MR) is 118 cm³/mol. The molecule has 0 spiro atoms. The average molecular weight is 427 g/mol. The molecular formula is C23H26N2O4S. The summed E-state index contributed by atoms with van der Waals surface area (Å²) in [5, 5.41) is 13.2. The van der Waals surface area contributed by atoms with Crippen molar-refractivity contribution in [2.45, 2.75) is 17.4 Å². The Morgan fingerprint density at radius 3 is 2.17 bits per heavy atom. The molecule has 30 heavy (non-hydrogen) atoms. The van der Waals surface area contributed by atoms with Crippen LogP contribution in [0.1, 0.15) is 5.56 Å². The third-order valence-corrected chi connectivity index (χ3v) is 5.81. The largest absolute Gasteiger partial charge is 0.491 e. The maximum Gasteiger partial charge on any atom is 0.261 e. The van der Waals surface area contributed by atoms with Crippen molar-refractivity contribution in [1.82, 2.24) is 5.32 Å². The molecule has 0 aliphatic heterocycles. The number of hydrogen-bond donors (Lipinski definition) is 3. The Morgan fingerprint density at radius 2 is 1.50 bits per heavy atom. The minimum absolute atomic E-state index is 0.219. The van der Waals surface area contributed by atoms with Crippen LogP contribution in [0.25, 0.3) is 0 Å². The first-order chi connectivity index (χ1) is 14.5. The van der Waals surface area contributed by atoms with Crippen molar-refractivity contribution in [1.29, 1.82) is 0 Å². The summed E-state index contributed by atoms with van der Waals surface area (Å²) in [5.74, 6) is 0.730. The zero-order chi connectivity index (χ0) is 21.2. The number of rotatable bonds is 11. The summed E-state index contributed by atoms with van der Waals surface area (Å²) in [7, 11) is -3.61. The maximum atomic E-state index is 12.4. The highest BCUT2D eigenvalue weighted by Gasteiger charge is 2.13. The lowest BCUT2D eigenvalue weighted by Gasteiger charge is -2.13. The molecule has 3 rings (SSSR count). The van der Waals surface area contributed by atoms with E-state index >= 15 is 0 Å². The molecule has 0 radical (unpaired) electrons. The van der Waals surface area contributed by atoms with Crippen LogP contribution >= 0.6 is 0 Å². The zero-order valence-electron chi connectivity index (χ0n) is 16.6. The van der Waals surface area contributed by atoms with Gasteiger partial charge >= 0.3 is 0 Å². The SMILES string of the molecule is O=S(=O)(Nc1ccccc1)c1ccc(CCNC[C@@H](O)COc2ccccc2)cc1. The van der Waals surface area contributed by atoms with Crippen molar-refractivity contribution in [3.63, 3.8) is 0 Å². The van der Waals surface area contributed by atoms with Crippen LogP contribution in [0.2, 0.25) is 0 Å². The highest BCUT2D eigenvalue weighted by atomic mass is 32.2. The van der Waals surface area contributed by atoms with Crippen molar-refractivity contribution in [3.8, 4) is 5.75 Å². The lowest BCUT2D eigenvalue weighted by molar-refractivity contribution is 0.106. The highest BCUT2D eigenvalue weighted by molar-refractivity contribution is 7.92. The van der Waals surface area contributed by atoms with E-state index in [0.29, 0.717) is 18.8 Å². The van der Waals surface area contributed by atoms with Crippen molar-refractivity contribution in [3.05, 3.63) is 90.5 Å². The molecular weight excluding hydrogens is 400 g/mol. The van der Waals surface area contributed by atoms with Crippen LogP contribution in [0.15, 0.2) is 89.8 Å². The number of ether oxygens (including phenoxy) is 1. The summed E-state index contributed by atoms with van der Waals surface area (Å²) in [4.78, 5) is 0.219. The third-order valence-electron chi connectivity index (χ3n) is 4.42. The van der Waals surface area contributed by atoms with Gasteiger partial charge in [-0.3, -0.25) is 4.72 Å². The summed E-state index contributed by atoms with van der Waals surface area (Å²) in [6.07, 6.45) is 0.111. The van der Waals surface area contributed by atoms with Crippen LogP contribution in [-0.4, -0.2) is 39.3 Å². The standard InChI is InChI=1S/C23H26N2O4S/c26-21(18-29-22-9-5-2-6-10-22)17-24-16-15-19-11-13-23(14-12-19)30(27,28)25-20-7-3-1-4-8-20/h1-14,21,24-26H,15-18H2/t21-/m1/s1. The summed E-state index contributed by atoms with van der Waals surface area (Å²) in [6, 6.07) is 25.0. The molecule has 7 heteroatoms. The van der Waals surface area contributed by atoms with Gasteiger partial charge in [0.2, 0.25) is 0 Å². The van der Waals surface area contributed by atoms with Crippen molar-refractivity contribution >= 4 is 15.7 Å². The van der Waals surface area contributed by atoms with Gasteiger partial charge in [0.25, 0.3) is 10.0 Å². The first-order valence-electron chi connectivity index (χ1n) is 9.76. The lowest BCUT2D eigenvalue weighted by atomic mass is 10.1. The molecule has 0 saturated heterocycles. The van der Waals surface area contributed by atoms with Gasteiger partial charge in [-0.05, 0) is 54.9 Å². The fourth-order valence-corrected chi connectivity index (χ4v) is 3.88. The van der Waals surface area contributed by atoms with Crippen LogP contribution in [-0.2, 0) is 16.4 Å². The van der Waals surface area contributed by atoms with E-state index in [9.17, 15) is 13.5 Å². The molecule has 0 amide bonds. The number of anilines is 1. The minimum Gasteiger partial charge on any atom is -0.491 e. The van der Waals surface area contributed by atoms with Gasteiger partial charge in [-0.2, -0.15) is 0 Å². The Morgan fingerprint density at radius 1 is 0.867 bits per heavy atom. The molecule has 0 heterocycles. The molecule has 0 unspecified atom stereocenters. The molecule has 3 aromatic carbocycles. The number of nitrogens with one attached hydrogen (secondary N) is 2. The second-order valence-electron chi connectivity index (χ2n) is 6.85. The first-order valence-corrected chi connectivity index (χ1v) is 11.2. The van der Waals surface area contributed by atoms with Crippen LogP contribution < -0.4 is 14.8 Å². The summed E-state index contributed by atoms with van der Waals surface area (Å²) in [5.41, 5.74) is 1.54. The number of benzene rings is 3. The zero-order valence-corrected chi connectivity index (χ0v) is 17.4. The Hall–Kier alpha value is -2.87. The van der Waals surface area contributed by atoms with Crippen LogP contribution in [0.5, 0.6) is 5.75 Å². The average Bonchev–Trinajstić information content (AvgIpc) is 2.77. The van der Waals surface area contributed by atoms with E-state index in [2.05, 4.69) is 10.0 Å². The van der Waals surface area contributed by atoms with E-state index in [1.165, 1.54) is 0 Å². The number of aliphatic hydroxyl groups is 1. The minimum atomic E-state index is -3.61. The Labute approximate surface area is 177 Å². The van der Waals surface area contributed by atoms with Crippen molar-refractivity contribution < 1.29 is 18.3 Å². The molecule has 6 nitrogen and oxygen atoms in total. The smallest absolute Gasteiger partial charge is 0.261 e. The highest BCUT2D eigenvalue weighted by Crippen LogP contribution is 2.16. The van der Waals surface area contributed by atoms with E-state index in [0.717, 1.165) is 17.7 Å². The van der Waals surface area contributed by atoms with E-state index < -0.39 is 16.1 Å². The van der Waals surface area contributed by atoms with Gasteiger partial charge in [0.05, 0.1) is 4.90 Å². The maximum absolute atomic E-state index is 12.4. The molecule has 0 aliphatic carbocycles. The van der Waals surface area contributed by atoms with Crippen molar-refractivity contribution in [2.24, 2.45) is 0 Å². The summed E-state index contributed by atoms with van der Waals surface area (Å²) < 4.78 is 33.0. The van der Waals surface area contributed by atoms with E-state index in [-0.39, 0.29) is 11.5 Å². The van der Waals surface area contributed by atoms with Crippen LogP contribution in [0.4, 0.5) is 5.69 Å². The Balaban J connectivity index is 1.40. The van der Waals surface area contributed by atoms with E-state index in [1.54, 1.807) is 48.5 Å². The monoisotopic (exact) mass is 426 g/mol. The molecule has 3 N–H and O–H groups in total. The second kappa shape index (κ2) is 10.8. The summed E-state index contributed by atoms with van der Waals surface area (Å²) >= 11 is 0. The van der Waals surface area contributed by atoms with Gasteiger partial charge < -0.3 is 15.2 Å². The molecule has 0 aromatic heterocycles. The number of sulfonamides is 1. The van der Waals surface area contributed by atoms with Gasteiger partial charge in [0, 0.05) is 12.2 Å². The number of para-hydroxylation sites is 2. The molecule has 0 aliphatic rings. The normalized spacial score (nSPS) is 12.3. The predicted octanol–water partition coefficient (Wildman–Crippen LogP) is 3.06. The van der Waals surface area contributed by atoms with Gasteiger partial charge in [0.1, 0.15) is 18.5 Å². The van der Waals surface area contributed by atoms with Crippen LogP contribution in [0, 0.1) is 0 Å². The number of hydrogen-bond acceptors (Lipinski definition) is 5. The van der Waals surface area contributed by atoms with Gasteiger partial charge in [-0.1, -0.05) is 48.5 Å². The lowest BCUT2D eigenvalue weighted by Crippen LogP contribution is -2.32. The van der Waals surface area contributed by atoms with E-state index in [1.807, 2.05) is 36.4 Å². The molecule has 158 valence electrons. The van der Waals surface area contributed by atoms with E-state index in [4.69, 9.17) is 4.74 Å². The fraction of sp³-hybridized carbons (Fsp3) is 0.217. The molecule has 0 bridgehead atoms. The van der Waals surface area contributed by atoms with Crippen molar-refractivity contribution in [2.75, 3.05) is 24.4 Å². The fourth-order valence-electron chi connectivity index (χ4n) is 2.83. The molecule has 0 fully saturated rings. The number of aliphatic hydroxyl groups excluding tert-OH is 1. The molecule has 0 saturated carbocycles. The van der Waals surface area contributed by atoms with Gasteiger partial charge in [-0.25, -0.2) is 8.42 Å². The first kappa shape index (κ1) is 21.8. The van der Waals surface area contributed by atoms with Gasteiger partial charge in [-0.15, -0.1) is 0 Å². The Kier molecular flexibility index (Phi) is 7.84. The van der Waals surface area contributed by atoms with Gasteiger partial charge in [0.15, 0.2) is 0 Å². The quantitative estimate of drug-likeness (QED) is 0.410. The topological polar surface area (TPSA) is 87.7 Å². The summed E-state index contributed by atoms with van der Waals surface area (Å²) in [6.45, 7) is 1.30. The second-order valence-corrected chi connectivity index (χ2v) is 8.53. The third kappa shape index (κ3) is 6.88. The molecule has 1 atom stereocenters. The Bertz CT molecular complexity index is 994. The van der Waals surface area contributed by atoms with Crippen LogP contribution in [0.3, 0.4) is 0 Å². The molecule has 3 aromatic rings.